The van der Waals surface area contributed by atoms with Gasteiger partial charge in [0.1, 0.15) is 0 Å². The number of fused-ring (bicyclic) bond motifs is 2. The highest BCUT2D eigenvalue weighted by molar-refractivity contribution is 5.24. The average molecular weight is 93.1 g/mol. The Labute approximate surface area is 44.2 Å². The van der Waals surface area contributed by atoms with E-state index in [-0.39, 0.29) is 0 Å². The molecule has 7 heavy (non-hydrogen) atoms. The largest absolute Gasteiger partial charge is 0.0848 e. The van der Waals surface area contributed by atoms with Gasteiger partial charge >= 0.3 is 0 Å². The molecule has 0 saturated heterocycles. The molecule has 0 nitrogen and oxygen atoms in total. The van der Waals surface area contributed by atoms with Crippen molar-refractivity contribution in [1.29, 1.82) is 0 Å². The first-order valence-electron chi connectivity index (χ1n) is 2.98. The van der Waals surface area contributed by atoms with Crippen LogP contribution in [0.4, 0.5) is 0 Å². The van der Waals surface area contributed by atoms with Crippen LogP contribution in [0.25, 0.3) is 0 Å². The van der Waals surface area contributed by atoms with Crippen LogP contribution in [0.3, 0.4) is 0 Å². The van der Waals surface area contributed by atoms with Crippen LogP contribution in [0.15, 0.2) is 12.2 Å². The molecule has 2 aliphatic carbocycles. The predicted octanol–water partition coefficient (Wildman–Crippen LogP) is 1.93. The summed E-state index contributed by atoms with van der Waals surface area (Å²) < 4.78 is 0. The monoisotopic (exact) mass is 93.1 g/mol. The van der Waals surface area contributed by atoms with Gasteiger partial charge in [-0.25, -0.2) is 0 Å². The van der Waals surface area contributed by atoms with Gasteiger partial charge in [-0.3, -0.25) is 0 Å². The molecule has 0 N–H and O–H groups in total. The highest BCUT2D eigenvalue weighted by atomic mass is 14.3. The zero-order valence-electron chi connectivity index (χ0n) is 4.35. The molecule has 37 valence electrons. The normalized spacial score (nSPS) is 38.0. The Morgan fingerprint density at radius 1 is 1.57 bits per heavy atom. The lowest BCUT2D eigenvalue weighted by atomic mass is 10.1. The van der Waals surface area contributed by atoms with E-state index < -0.39 is 0 Å². The van der Waals surface area contributed by atoms with E-state index in [4.69, 9.17) is 0 Å². The third kappa shape index (κ3) is 0.425. The van der Waals surface area contributed by atoms with Gasteiger partial charge in [0, 0.05) is 0 Å². The van der Waals surface area contributed by atoms with Crippen LogP contribution >= 0.6 is 0 Å². The smallest absolute Gasteiger partial charge is 0.00212 e. The topological polar surface area (TPSA) is 0 Å². The second kappa shape index (κ2) is 1.12. The molecular weight excluding hydrogens is 84.1 g/mol. The summed E-state index contributed by atoms with van der Waals surface area (Å²) in [6, 6.07) is 0. The molecule has 2 aliphatic rings. The highest BCUT2D eigenvalue weighted by Crippen LogP contribution is 2.39. The molecule has 2 rings (SSSR count). The minimum atomic E-state index is 0.954. The molecule has 0 heterocycles. The zero-order chi connectivity index (χ0) is 4.69. The molecule has 1 fully saturated rings. The van der Waals surface area contributed by atoms with Gasteiger partial charge in [0.05, 0.1) is 0 Å². The number of hydrogen-bond donors (Lipinski definition) is 0. The molecule has 1 radical (unpaired) electrons. The van der Waals surface area contributed by atoms with E-state index in [9.17, 15) is 0 Å². The first-order valence-corrected chi connectivity index (χ1v) is 2.98. The van der Waals surface area contributed by atoms with Gasteiger partial charge in [0.2, 0.25) is 0 Å². The Bertz CT molecular complexity index is 90.6. The van der Waals surface area contributed by atoms with Crippen molar-refractivity contribution in [3.8, 4) is 0 Å². The lowest BCUT2D eigenvalue weighted by Gasteiger charge is -1.96. The second-order valence-electron chi connectivity index (χ2n) is 2.52. The maximum atomic E-state index is 2.35. The molecule has 0 aromatic heterocycles. The van der Waals surface area contributed by atoms with Gasteiger partial charge in [-0.15, -0.1) is 0 Å². The molecule has 2 bridgehead atoms. The third-order valence-corrected chi connectivity index (χ3v) is 1.96. The maximum Gasteiger partial charge on any atom is -0.00212 e. The van der Waals surface area contributed by atoms with Crippen molar-refractivity contribution in [3.63, 3.8) is 0 Å². The van der Waals surface area contributed by atoms with Crippen LogP contribution in [0, 0.1) is 11.8 Å². The van der Waals surface area contributed by atoms with Crippen molar-refractivity contribution in [2.75, 3.05) is 0 Å². The fraction of sp³-hybridized carbons (Fsp3) is 0.571. The van der Waals surface area contributed by atoms with Gasteiger partial charge in [0.15, 0.2) is 0 Å². The van der Waals surface area contributed by atoms with E-state index in [1.807, 2.05) is 0 Å². The van der Waals surface area contributed by atoms with E-state index in [1.165, 1.54) is 19.3 Å². The third-order valence-electron chi connectivity index (χ3n) is 1.96. The lowest BCUT2D eigenvalue weighted by molar-refractivity contribution is 0.700. The van der Waals surface area contributed by atoms with Gasteiger partial charge in [-0.1, -0.05) is 12.2 Å². The summed E-state index contributed by atoms with van der Waals surface area (Å²) in [5.74, 6) is 2.64. The molecule has 1 saturated carbocycles. The van der Waals surface area contributed by atoms with Gasteiger partial charge in [-0.05, 0) is 31.1 Å². The van der Waals surface area contributed by atoms with Crippen LogP contribution in [0.2, 0.25) is 0 Å². The molecule has 0 aromatic carbocycles. The quantitative estimate of drug-likeness (QED) is 0.429. The van der Waals surface area contributed by atoms with Crippen LogP contribution in [0.1, 0.15) is 19.3 Å². The summed E-state index contributed by atoms with van der Waals surface area (Å²) in [7, 11) is 0. The fourth-order valence-corrected chi connectivity index (χ4v) is 1.50. The van der Waals surface area contributed by atoms with E-state index in [2.05, 4.69) is 12.2 Å². The van der Waals surface area contributed by atoms with Crippen molar-refractivity contribution >= 4 is 0 Å². The number of allylic oxidation sites excluding steroid dienone is 2. The highest BCUT2D eigenvalue weighted by Gasteiger charge is 2.25. The van der Waals surface area contributed by atoms with E-state index >= 15 is 0 Å². The van der Waals surface area contributed by atoms with Crippen molar-refractivity contribution in [2.45, 2.75) is 19.3 Å². The first-order chi connectivity index (χ1) is 3.45. The Kier molecular flexibility index (Phi) is 0.592. The first kappa shape index (κ1) is 3.71. The van der Waals surface area contributed by atoms with Crippen molar-refractivity contribution < 1.29 is 0 Å². The van der Waals surface area contributed by atoms with E-state index in [1.54, 1.807) is 5.92 Å². The van der Waals surface area contributed by atoms with Gasteiger partial charge in [-0.2, -0.15) is 0 Å². The molecule has 0 spiro atoms. The van der Waals surface area contributed by atoms with Crippen molar-refractivity contribution in [1.82, 2.24) is 0 Å². The Morgan fingerprint density at radius 2 is 2.57 bits per heavy atom. The predicted molar refractivity (Wildman–Crippen MR) is 29.7 cm³/mol. The zero-order valence-corrected chi connectivity index (χ0v) is 4.35. The Hall–Kier alpha value is -0.260. The van der Waals surface area contributed by atoms with Gasteiger partial charge in [0.25, 0.3) is 0 Å². The molecule has 0 unspecified atom stereocenters. The SMILES string of the molecule is C1=C[C@H]2CC[C]1C2. The number of rotatable bonds is 0. The molecule has 0 heteroatoms. The molecular formula is C7H9. The Morgan fingerprint density at radius 3 is 2.71 bits per heavy atom. The minimum absolute atomic E-state index is 0.954. The Balaban J connectivity index is 2.27. The standard InChI is InChI=1S/C7H9/c1-2-7-4-3-6(1)5-7/h1-2,6H,3-5H2/t6-/m0/s1. The molecule has 0 aliphatic heterocycles. The summed E-state index contributed by atoms with van der Waals surface area (Å²) in [6.07, 6.45) is 8.86. The minimum Gasteiger partial charge on any atom is -0.0848 e. The van der Waals surface area contributed by atoms with Crippen LogP contribution in [-0.2, 0) is 0 Å². The summed E-state index contributed by atoms with van der Waals surface area (Å²) in [6.45, 7) is 0. The van der Waals surface area contributed by atoms with Crippen LogP contribution in [-0.4, -0.2) is 0 Å². The van der Waals surface area contributed by atoms with Gasteiger partial charge < -0.3 is 0 Å². The average Bonchev–Trinajstić information content (AvgIpc) is 2.22. The molecule has 1 atom stereocenters. The number of hydrogen-bond acceptors (Lipinski definition) is 0. The second-order valence-corrected chi connectivity index (χ2v) is 2.52. The van der Waals surface area contributed by atoms with E-state index in [0.29, 0.717) is 0 Å². The fourth-order valence-electron chi connectivity index (χ4n) is 1.50. The summed E-state index contributed by atoms with van der Waals surface area (Å²) in [5, 5.41) is 0. The van der Waals surface area contributed by atoms with Crippen molar-refractivity contribution in [2.24, 2.45) is 5.92 Å². The summed E-state index contributed by atoms with van der Waals surface area (Å²) >= 11 is 0. The summed E-state index contributed by atoms with van der Waals surface area (Å²) in [4.78, 5) is 0. The van der Waals surface area contributed by atoms with Crippen LogP contribution < -0.4 is 0 Å². The lowest BCUT2D eigenvalue weighted by Crippen LogP contribution is -1.81. The van der Waals surface area contributed by atoms with Crippen molar-refractivity contribution in [3.05, 3.63) is 18.1 Å². The summed E-state index contributed by atoms with van der Waals surface area (Å²) in [5.41, 5.74) is 0. The van der Waals surface area contributed by atoms with E-state index in [0.717, 1.165) is 5.92 Å². The van der Waals surface area contributed by atoms with Crippen LogP contribution in [0.5, 0.6) is 0 Å². The maximum absolute atomic E-state index is 2.35. The molecule has 0 amide bonds. The molecule has 0 aromatic rings.